The number of Topliss-reactive ketones (excluding diaryl/α,β-unsaturated/α-hetero) is 1. The first-order chi connectivity index (χ1) is 5.24. The van der Waals surface area contributed by atoms with Crippen molar-refractivity contribution in [3.05, 3.63) is 24.0 Å². The van der Waals surface area contributed by atoms with Crippen LogP contribution in [0.15, 0.2) is 24.0 Å². The molecule has 0 aromatic rings. The van der Waals surface area contributed by atoms with Crippen molar-refractivity contribution in [2.75, 3.05) is 0 Å². The maximum absolute atomic E-state index is 11.0. The van der Waals surface area contributed by atoms with Gasteiger partial charge >= 0.3 is 0 Å². The van der Waals surface area contributed by atoms with Gasteiger partial charge in [-0.1, -0.05) is 6.08 Å². The van der Waals surface area contributed by atoms with Gasteiger partial charge < -0.3 is 4.74 Å². The van der Waals surface area contributed by atoms with Crippen LogP contribution < -0.4 is 0 Å². The van der Waals surface area contributed by atoms with Gasteiger partial charge in [-0.15, -0.1) is 0 Å². The average Bonchev–Trinajstić information content (AvgIpc) is 2.28. The zero-order valence-electron chi connectivity index (χ0n) is 6.83. The maximum Gasteiger partial charge on any atom is 0.162 e. The van der Waals surface area contributed by atoms with E-state index in [-0.39, 0.29) is 11.9 Å². The summed E-state index contributed by atoms with van der Waals surface area (Å²) in [6, 6.07) is 0. The Kier molecular flexibility index (Phi) is 2.47. The van der Waals surface area contributed by atoms with E-state index in [1.165, 1.54) is 0 Å². The predicted molar refractivity (Wildman–Crippen MR) is 43.1 cm³/mol. The summed E-state index contributed by atoms with van der Waals surface area (Å²) in [5, 5.41) is 0. The Morgan fingerprint density at radius 3 is 2.91 bits per heavy atom. The molecule has 11 heavy (non-hydrogen) atoms. The van der Waals surface area contributed by atoms with Gasteiger partial charge in [0.2, 0.25) is 0 Å². The van der Waals surface area contributed by atoms with Crippen molar-refractivity contribution in [3.8, 4) is 0 Å². The quantitative estimate of drug-likeness (QED) is 0.564. The van der Waals surface area contributed by atoms with Crippen LogP contribution >= 0.6 is 0 Å². The summed E-state index contributed by atoms with van der Waals surface area (Å²) < 4.78 is 5.22. The largest absolute Gasteiger partial charge is 0.494 e. The first-order valence-corrected chi connectivity index (χ1v) is 3.72. The monoisotopic (exact) mass is 152 g/mol. The average molecular weight is 152 g/mol. The Morgan fingerprint density at radius 2 is 2.45 bits per heavy atom. The van der Waals surface area contributed by atoms with Gasteiger partial charge in [0, 0.05) is 0 Å². The van der Waals surface area contributed by atoms with Crippen molar-refractivity contribution in [3.63, 3.8) is 0 Å². The van der Waals surface area contributed by atoms with E-state index >= 15 is 0 Å². The number of hydrogen-bond donors (Lipinski definition) is 0. The van der Waals surface area contributed by atoms with Crippen LogP contribution in [0.25, 0.3) is 0 Å². The van der Waals surface area contributed by atoms with Gasteiger partial charge in [-0.25, -0.2) is 0 Å². The second-order valence-electron chi connectivity index (χ2n) is 2.62. The zero-order valence-corrected chi connectivity index (χ0v) is 6.83. The van der Waals surface area contributed by atoms with Crippen molar-refractivity contribution in [1.29, 1.82) is 0 Å². The molecule has 1 rings (SSSR count). The Morgan fingerprint density at radius 1 is 1.73 bits per heavy atom. The third-order valence-corrected chi connectivity index (χ3v) is 1.65. The zero-order chi connectivity index (χ0) is 8.27. The summed E-state index contributed by atoms with van der Waals surface area (Å²) >= 11 is 0. The summed E-state index contributed by atoms with van der Waals surface area (Å²) in [7, 11) is 0. The molecule has 0 N–H and O–H groups in total. The second kappa shape index (κ2) is 3.37. The summed E-state index contributed by atoms with van der Waals surface area (Å²) in [5.74, 6) is 0.194. The van der Waals surface area contributed by atoms with E-state index in [9.17, 15) is 4.79 Å². The molecule has 0 amide bonds. The molecule has 0 bridgehead atoms. The fourth-order valence-electron chi connectivity index (χ4n) is 1.04. The van der Waals surface area contributed by atoms with Crippen LogP contribution in [0.5, 0.6) is 0 Å². The standard InChI is InChI=1S/C9H12O2/c1-3-4-11-8-5-7(2)9(10)6-8/h3-5,8H,6H2,1-2H3/b4-3-/t8-/m0/s1. The fraction of sp³-hybridized carbons (Fsp3) is 0.444. The number of allylic oxidation sites excluding steroid dienone is 2. The summed E-state index contributed by atoms with van der Waals surface area (Å²) in [4.78, 5) is 11.0. The SMILES string of the molecule is C/C=C\O[C@H]1C=C(C)C(=O)C1. The molecule has 2 heteroatoms. The van der Waals surface area contributed by atoms with Crippen molar-refractivity contribution in [1.82, 2.24) is 0 Å². The number of carbonyl (C=O) groups excluding carboxylic acids is 1. The molecule has 0 fully saturated rings. The van der Waals surface area contributed by atoms with E-state index in [1.54, 1.807) is 6.26 Å². The van der Waals surface area contributed by atoms with E-state index in [0.29, 0.717) is 6.42 Å². The highest BCUT2D eigenvalue weighted by molar-refractivity contribution is 5.97. The Labute approximate surface area is 66.5 Å². The highest BCUT2D eigenvalue weighted by Crippen LogP contribution is 2.16. The molecule has 0 saturated carbocycles. The van der Waals surface area contributed by atoms with E-state index in [4.69, 9.17) is 4.74 Å². The lowest BCUT2D eigenvalue weighted by Crippen LogP contribution is -2.04. The van der Waals surface area contributed by atoms with Crippen molar-refractivity contribution in [2.24, 2.45) is 0 Å². The molecule has 1 atom stereocenters. The number of ketones is 1. The van der Waals surface area contributed by atoms with Crippen LogP contribution in [0.4, 0.5) is 0 Å². The molecular formula is C9H12O2. The first-order valence-electron chi connectivity index (χ1n) is 3.72. The number of hydrogen-bond acceptors (Lipinski definition) is 2. The van der Waals surface area contributed by atoms with Gasteiger partial charge in [0.1, 0.15) is 6.10 Å². The Bertz CT molecular complexity index is 214. The molecule has 60 valence electrons. The first kappa shape index (κ1) is 8.05. The molecule has 0 aromatic carbocycles. The molecule has 0 aliphatic heterocycles. The number of ether oxygens (including phenoxy) is 1. The van der Waals surface area contributed by atoms with Crippen molar-refractivity contribution >= 4 is 5.78 Å². The van der Waals surface area contributed by atoms with Gasteiger partial charge in [-0.05, 0) is 25.5 Å². The summed E-state index contributed by atoms with van der Waals surface area (Å²) in [6.07, 6.45) is 5.76. The van der Waals surface area contributed by atoms with Crippen LogP contribution in [-0.2, 0) is 9.53 Å². The number of carbonyl (C=O) groups is 1. The van der Waals surface area contributed by atoms with Gasteiger partial charge in [0.25, 0.3) is 0 Å². The lowest BCUT2D eigenvalue weighted by Gasteiger charge is -2.04. The molecule has 0 saturated heterocycles. The molecule has 0 heterocycles. The minimum Gasteiger partial charge on any atom is -0.494 e. The van der Waals surface area contributed by atoms with Crippen LogP contribution in [0.1, 0.15) is 20.3 Å². The van der Waals surface area contributed by atoms with Crippen molar-refractivity contribution in [2.45, 2.75) is 26.4 Å². The van der Waals surface area contributed by atoms with E-state index < -0.39 is 0 Å². The van der Waals surface area contributed by atoms with Gasteiger partial charge in [0.05, 0.1) is 12.7 Å². The topological polar surface area (TPSA) is 26.3 Å². The van der Waals surface area contributed by atoms with Crippen molar-refractivity contribution < 1.29 is 9.53 Å². The van der Waals surface area contributed by atoms with Crippen LogP contribution in [0, 0.1) is 0 Å². The van der Waals surface area contributed by atoms with E-state index in [1.807, 2.05) is 26.0 Å². The third kappa shape index (κ3) is 1.93. The van der Waals surface area contributed by atoms with Gasteiger partial charge in [-0.3, -0.25) is 4.79 Å². The summed E-state index contributed by atoms with van der Waals surface area (Å²) in [6.45, 7) is 3.70. The molecular weight excluding hydrogens is 140 g/mol. The van der Waals surface area contributed by atoms with Crippen LogP contribution in [0.2, 0.25) is 0 Å². The van der Waals surface area contributed by atoms with Gasteiger partial charge in [0.15, 0.2) is 5.78 Å². The lowest BCUT2D eigenvalue weighted by molar-refractivity contribution is -0.115. The molecule has 2 nitrogen and oxygen atoms in total. The molecule has 0 spiro atoms. The minimum absolute atomic E-state index is 0.0290. The van der Waals surface area contributed by atoms with E-state index in [2.05, 4.69) is 0 Å². The van der Waals surface area contributed by atoms with Gasteiger partial charge in [-0.2, -0.15) is 0 Å². The van der Waals surface area contributed by atoms with E-state index in [0.717, 1.165) is 5.57 Å². The molecule has 0 radical (unpaired) electrons. The number of rotatable bonds is 2. The smallest absolute Gasteiger partial charge is 0.162 e. The Balaban J connectivity index is 2.47. The predicted octanol–water partition coefficient (Wildman–Crippen LogP) is 1.82. The lowest BCUT2D eigenvalue weighted by atomic mass is 10.2. The maximum atomic E-state index is 11.0. The second-order valence-corrected chi connectivity index (χ2v) is 2.62. The minimum atomic E-state index is -0.0290. The van der Waals surface area contributed by atoms with Crippen LogP contribution in [0.3, 0.4) is 0 Å². The highest BCUT2D eigenvalue weighted by atomic mass is 16.5. The highest BCUT2D eigenvalue weighted by Gasteiger charge is 2.20. The molecule has 1 aliphatic rings. The summed E-state index contributed by atoms with van der Waals surface area (Å²) in [5.41, 5.74) is 0.819. The normalized spacial score (nSPS) is 24.4. The molecule has 1 aliphatic carbocycles. The molecule has 0 unspecified atom stereocenters. The third-order valence-electron chi connectivity index (χ3n) is 1.65. The van der Waals surface area contributed by atoms with Crippen LogP contribution in [-0.4, -0.2) is 11.9 Å². The fourth-order valence-corrected chi connectivity index (χ4v) is 1.04. The Hall–Kier alpha value is -1.05. The molecule has 0 aromatic heterocycles.